The van der Waals surface area contributed by atoms with Gasteiger partial charge in [0.15, 0.2) is 16.1 Å². The first-order valence-corrected chi connectivity index (χ1v) is 7.25. The minimum atomic E-state index is -0.361. The second-order valence-corrected chi connectivity index (χ2v) is 5.81. The zero-order chi connectivity index (χ0) is 15.0. The molecule has 0 saturated carbocycles. The summed E-state index contributed by atoms with van der Waals surface area (Å²) in [5.74, 6) is -0.203. The third-order valence-electron chi connectivity index (χ3n) is 2.65. The summed E-state index contributed by atoms with van der Waals surface area (Å²) < 4.78 is 0.826. The largest absolute Gasteiger partial charge is 0.375 e. The Morgan fingerprint density at radius 2 is 2.10 bits per heavy atom. The van der Waals surface area contributed by atoms with Gasteiger partial charge in [-0.25, -0.2) is 15.0 Å². The SMILES string of the molecule is Nc1nc2ccc(C(=O)Nc3ncnc(Cl)c3Cl)cc2s1. The standard InChI is InChI=1S/C12H7Cl2N5OS/c13-8-9(14)16-4-17-10(8)19-11(20)5-1-2-6-7(3-5)21-12(15)18-6/h1-4H,(H2,15,18)(H,16,17,19,20). The maximum Gasteiger partial charge on any atom is 0.256 e. The monoisotopic (exact) mass is 339 g/mol. The number of fused-ring (bicyclic) bond motifs is 1. The van der Waals surface area contributed by atoms with Crippen LogP contribution >= 0.6 is 34.5 Å². The highest BCUT2D eigenvalue weighted by Crippen LogP contribution is 2.27. The van der Waals surface area contributed by atoms with Gasteiger partial charge in [-0.05, 0) is 18.2 Å². The van der Waals surface area contributed by atoms with Crippen molar-refractivity contribution in [3.05, 3.63) is 40.3 Å². The molecule has 0 aliphatic rings. The van der Waals surface area contributed by atoms with E-state index in [4.69, 9.17) is 28.9 Å². The fraction of sp³-hybridized carbons (Fsp3) is 0. The topological polar surface area (TPSA) is 93.8 Å². The van der Waals surface area contributed by atoms with Crippen molar-refractivity contribution < 1.29 is 4.79 Å². The molecule has 0 atom stereocenters. The van der Waals surface area contributed by atoms with E-state index < -0.39 is 0 Å². The molecule has 9 heteroatoms. The van der Waals surface area contributed by atoms with Crippen LogP contribution in [0.1, 0.15) is 10.4 Å². The number of rotatable bonds is 2. The Kier molecular flexibility index (Phi) is 3.62. The van der Waals surface area contributed by atoms with Gasteiger partial charge in [0.2, 0.25) is 0 Å². The molecular formula is C12H7Cl2N5OS. The number of halogens is 2. The first kappa shape index (κ1) is 14.0. The molecule has 0 saturated heterocycles. The first-order chi connectivity index (χ1) is 10.0. The average Bonchev–Trinajstić information content (AvgIpc) is 2.82. The van der Waals surface area contributed by atoms with Crippen LogP contribution < -0.4 is 11.1 Å². The highest BCUT2D eigenvalue weighted by Gasteiger charge is 2.13. The van der Waals surface area contributed by atoms with Gasteiger partial charge in [-0.15, -0.1) is 0 Å². The number of nitrogen functional groups attached to an aromatic ring is 1. The molecule has 2 heterocycles. The smallest absolute Gasteiger partial charge is 0.256 e. The van der Waals surface area contributed by atoms with Crippen LogP contribution in [0.2, 0.25) is 10.2 Å². The Morgan fingerprint density at radius 1 is 1.29 bits per heavy atom. The molecule has 3 N–H and O–H groups in total. The van der Waals surface area contributed by atoms with E-state index in [0.717, 1.165) is 10.2 Å². The molecule has 2 aromatic heterocycles. The van der Waals surface area contributed by atoms with E-state index in [1.807, 2.05) is 0 Å². The van der Waals surface area contributed by atoms with E-state index in [9.17, 15) is 4.79 Å². The second-order valence-electron chi connectivity index (χ2n) is 4.02. The Bertz CT molecular complexity index is 851. The van der Waals surface area contributed by atoms with Gasteiger partial charge in [0.1, 0.15) is 11.3 Å². The maximum absolute atomic E-state index is 12.2. The van der Waals surface area contributed by atoms with Gasteiger partial charge < -0.3 is 11.1 Å². The molecular weight excluding hydrogens is 333 g/mol. The third kappa shape index (κ3) is 2.76. The molecule has 0 fully saturated rings. The third-order valence-corrected chi connectivity index (χ3v) is 4.23. The summed E-state index contributed by atoms with van der Waals surface area (Å²) in [6, 6.07) is 5.08. The Balaban J connectivity index is 1.91. The summed E-state index contributed by atoms with van der Waals surface area (Å²) in [4.78, 5) is 23.9. The first-order valence-electron chi connectivity index (χ1n) is 5.68. The number of hydrogen-bond acceptors (Lipinski definition) is 6. The van der Waals surface area contributed by atoms with Gasteiger partial charge in [0.05, 0.1) is 10.2 Å². The lowest BCUT2D eigenvalue weighted by Gasteiger charge is -2.06. The molecule has 0 unspecified atom stereocenters. The van der Waals surface area contributed by atoms with Gasteiger partial charge in [0.25, 0.3) is 5.91 Å². The molecule has 3 aromatic rings. The summed E-state index contributed by atoms with van der Waals surface area (Å²) in [5.41, 5.74) is 6.82. The fourth-order valence-electron chi connectivity index (χ4n) is 1.70. The number of thiazole rings is 1. The summed E-state index contributed by atoms with van der Waals surface area (Å²) >= 11 is 13.0. The molecule has 0 bridgehead atoms. The van der Waals surface area contributed by atoms with Crippen molar-refractivity contribution in [3.63, 3.8) is 0 Å². The highest BCUT2D eigenvalue weighted by molar-refractivity contribution is 7.22. The van der Waals surface area contributed by atoms with E-state index >= 15 is 0 Å². The van der Waals surface area contributed by atoms with E-state index in [-0.39, 0.29) is 21.9 Å². The van der Waals surface area contributed by atoms with E-state index in [1.165, 1.54) is 17.7 Å². The number of nitrogens with zero attached hydrogens (tertiary/aromatic N) is 3. The average molecular weight is 340 g/mol. The molecule has 6 nitrogen and oxygen atoms in total. The van der Waals surface area contributed by atoms with Crippen molar-refractivity contribution >= 4 is 61.6 Å². The minimum absolute atomic E-state index is 0.0765. The molecule has 21 heavy (non-hydrogen) atoms. The predicted octanol–water partition coefficient (Wildman–Crippen LogP) is 3.23. The quantitative estimate of drug-likeness (QED) is 0.699. The molecule has 0 spiro atoms. The second kappa shape index (κ2) is 5.44. The Morgan fingerprint density at radius 3 is 2.90 bits per heavy atom. The van der Waals surface area contributed by atoms with Crippen molar-refractivity contribution in [2.75, 3.05) is 11.1 Å². The zero-order valence-corrected chi connectivity index (χ0v) is 12.6. The number of carbonyl (C=O) groups excluding carboxylic acids is 1. The number of nitrogens with one attached hydrogen (secondary N) is 1. The molecule has 0 aliphatic heterocycles. The highest BCUT2D eigenvalue weighted by atomic mass is 35.5. The van der Waals surface area contributed by atoms with Crippen LogP contribution in [0.3, 0.4) is 0 Å². The van der Waals surface area contributed by atoms with Crippen LogP contribution in [0.4, 0.5) is 10.9 Å². The Labute approximate surface area is 132 Å². The van der Waals surface area contributed by atoms with Crippen LogP contribution in [0.25, 0.3) is 10.2 Å². The number of nitrogens with two attached hydrogens (primary N) is 1. The van der Waals surface area contributed by atoms with Crippen molar-refractivity contribution in [2.45, 2.75) is 0 Å². The van der Waals surface area contributed by atoms with Crippen LogP contribution in [-0.4, -0.2) is 20.9 Å². The van der Waals surface area contributed by atoms with E-state index in [0.29, 0.717) is 10.7 Å². The Hall–Kier alpha value is -1.96. The normalized spacial score (nSPS) is 10.8. The predicted molar refractivity (Wildman–Crippen MR) is 84.0 cm³/mol. The van der Waals surface area contributed by atoms with E-state index in [2.05, 4.69) is 20.3 Å². The zero-order valence-electron chi connectivity index (χ0n) is 10.3. The molecule has 0 radical (unpaired) electrons. The molecule has 106 valence electrons. The van der Waals surface area contributed by atoms with E-state index in [1.54, 1.807) is 18.2 Å². The van der Waals surface area contributed by atoms with Crippen LogP contribution in [0, 0.1) is 0 Å². The lowest BCUT2D eigenvalue weighted by Crippen LogP contribution is -2.13. The van der Waals surface area contributed by atoms with Crippen molar-refractivity contribution in [2.24, 2.45) is 0 Å². The summed E-state index contributed by atoms with van der Waals surface area (Å²) in [6.45, 7) is 0. The number of benzene rings is 1. The van der Waals surface area contributed by atoms with Gasteiger partial charge in [-0.2, -0.15) is 0 Å². The summed E-state index contributed by atoms with van der Waals surface area (Å²) in [7, 11) is 0. The number of carbonyl (C=O) groups is 1. The fourth-order valence-corrected chi connectivity index (χ4v) is 2.75. The summed E-state index contributed by atoms with van der Waals surface area (Å²) in [5, 5.41) is 3.21. The maximum atomic E-state index is 12.2. The van der Waals surface area contributed by atoms with Crippen LogP contribution in [0.15, 0.2) is 24.5 Å². The van der Waals surface area contributed by atoms with Crippen LogP contribution in [-0.2, 0) is 0 Å². The van der Waals surface area contributed by atoms with Gasteiger partial charge in [-0.1, -0.05) is 34.5 Å². The number of anilines is 2. The lowest BCUT2D eigenvalue weighted by molar-refractivity contribution is 0.102. The minimum Gasteiger partial charge on any atom is -0.375 e. The molecule has 0 aliphatic carbocycles. The number of hydrogen-bond donors (Lipinski definition) is 2. The number of amides is 1. The van der Waals surface area contributed by atoms with Crippen LogP contribution in [0.5, 0.6) is 0 Å². The molecule has 1 amide bonds. The summed E-state index contributed by atoms with van der Waals surface area (Å²) in [6.07, 6.45) is 1.22. The molecule has 1 aromatic carbocycles. The van der Waals surface area contributed by atoms with Gasteiger partial charge in [0, 0.05) is 5.56 Å². The van der Waals surface area contributed by atoms with Gasteiger partial charge in [-0.3, -0.25) is 4.79 Å². The van der Waals surface area contributed by atoms with Crippen molar-refractivity contribution in [1.29, 1.82) is 0 Å². The number of aromatic nitrogens is 3. The lowest BCUT2D eigenvalue weighted by atomic mass is 10.2. The van der Waals surface area contributed by atoms with Crippen molar-refractivity contribution in [3.8, 4) is 0 Å². The van der Waals surface area contributed by atoms with Gasteiger partial charge >= 0.3 is 0 Å². The molecule has 3 rings (SSSR count). The van der Waals surface area contributed by atoms with Crippen molar-refractivity contribution in [1.82, 2.24) is 15.0 Å².